The number of benzene rings is 2. The summed E-state index contributed by atoms with van der Waals surface area (Å²) in [6.07, 6.45) is 3.49. The van der Waals surface area contributed by atoms with Gasteiger partial charge in [-0.25, -0.2) is 4.98 Å². The number of amides is 1. The number of hydrogen-bond acceptors (Lipinski definition) is 6. The van der Waals surface area contributed by atoms with Crippen LogP contribution in [0.2, 0.25) is 0 Å². The lowest BCUT2D eigenvalue weighted by molar-refractivity contribution is -0.115. The van der Waals surface area contributed by atoms with Gasteiger partial charge in [0.05, 0.1) is 25.3 Å². The molecule has 1 amide bonds. The third kappa shape index (κ3) is 5.37. The fourth-order valence-electron chi connectivity index (χ4n) is 4.47. The topological polar surface area (TPSA) is 63.7 Å². The number of rotatable bonds is 6. The van der Waals surface area contributed by atoms with Gasteiger partial charge in [0.1, 0.15) is 5.01 Å². The number of likely N-dealkylation sites (tertiary alicyclic amines) is 1. The number of carbonyl (C=O) groups excluding carboxylic acids is 1. The molecule has 3 heterocycles. The van der Waals surface area contributed by atoms with E-state index in [9.17, 15) is 4.79 Å². The van der Waals surface area contributed by atoms with Crippen LogP contribution in [0.5, 0.6) is 11.5 Å². The van der Waals surface area contributed by atoms with Crippen LogP contribution in [0.25, 0.3) is 0 Å². The molecule has 172 valence electrons. The van der Waals surface area contributed by atoms with Crippen molar-refractivity contribution in [1.82, 2.24) is 9.88 Å². The van der Waals surface area contributed by atoms with Crippen molar-refractivity contribution in [3.63, 3.8) is 0 Å². The van der Waals surface area contributed by atoms with Gasteiger partial charge in [-0.1, -0.05) is 23.8 Å². The molecule has 1 fully saturated rings. The smallest absolute Gasteiger partial charge is 0.231 e. The van der Waals surface area contributed by atoms with Crippen LogP contribution in [0.3, 0.4) is 0 Å². The van der Waals surface area contributed by atoms with Gasteiger partial charge in [-0.2, -0.15) is 0 Å². The fourth-order valence-corrected chi connectivity index (χ4v) is 5.25. The zero-order chi connectivity index (χ0) is 22.6. The van der Waals surface area contributed by atoms with Gasteiger partial charge in [0, 0.05) is 30.1 Å². The Balaban J connectivity index is 1.21. The fraction of sp³-hybridized carbons (Fsp3) is 0.385. The first-order valence-electron chi connectivity index (χ1n) is 11.6. The number of nitrogens with one attached hydrogen (secondary N) is 1. The SMILES string of the molecule is Cc1ccc(NC(=O)Cc2nc(CN3CCCC3c3ccc4c(c3)OCCCO4)cs2)cc1. The Labute approximate surface area is 198 Å². The number of anilines is 1. The molecule has 0 radical (unpaired) electrons. The summed E-state index contributed by atoms with van der Waals surface area (Å²) in [7, 11) is 0. The molecule has 6 nitrogen and oxygen atoms in total. The van der Waals surface area contributed by atoms with Crippen LogP contribution in [-0.2, 0) is 17.8 Å². The second kappa shape index (κ2) is 9.93. The monoisotopic (exact) mass is 463 g/mol. The highest BCUT2D eigenvalue weighted by atomic mass is 32.1. The lowest BCUT2D eigenvalue weighted by atomic mass is 10.0. The van der Waals surface area contributed by atoms with E-state index >= 15 is 0 Å². The number of nitrogens with zero attached hydrogens (tertiary/aromatic N) is 2. The Kier molecular flexibility index (Phi) is 6.60. The second-order valence-corrected chi connectivity index (χ2v) is 9.65. The van der Waals surface area contributed by atoms with Crippen LogP contribution >= 0.6 is 11.3 Å². The molecule has 1 N–H and O–H groups in total. The standard InChI is InChI=1S/C26H29N3O3S/c1-18-5-8-20(9-6-18)27-25(30)15-26-28-21(17-33-26)16-29-11-2-4-22(29)19-7-10-23-24(14-19)32-13-3-12-31-23/h5-10,14,17,22H,2-4,11-13,15-16H2,1H3,(H,27,30). The van der Waals surface area contributed by atoms with E-state index in [1.54, 1.807) is 11.3 Å². The van der Waals surface area contributed by atoms with E-state index in [0.717, 1.165) is 60.2 Å². The van der Waals surface area contributed by atoms with Gasteiger partial charge >= 0.3 is 0 Å². The van der Waals surface area contributed by atoms with E-state index in [2.05, 4.69) is 27.7 Å². The summed E-state index contributed by atoms with van der Waals surface area (Å²) in [6.45, 7) is 5.26. The molecule has 1 saturated heterocycles. The van der Waals surface area contributed by atoms with Crippen molar-refractivity contribution in [2.24, 2.45) is 0 Å². The molecule has 7 heteroatoms. The molecule has 5 rings (SSSR count). The van der Waals surface area contributed by atoms with E-state index < -0.39 is 0 Å². The molecule has 0 bridgehead atoms. The Bertz CT molecular complexity index is 1110. The number of fused-ring (bicyclic) bond motifs is 1. The highest BCUT2D eigenvalue weighted by Crippen LogP contribution is 2.38. The maximum absolute atomic E-state index is 12.4. The Morgan fingerprint density at radius 2 is 1.94 bits per heavy atom. The molecule has 2 aromatic carbocycles. The molecule has 2 aliphatic rings. The Hall–Kier alpha value is -2.90. The molecule has 0 spiro atoms. The molecule has 0 aliphatic carbocycles. The van der Waals surface area contributed by atoms with Crippen molar-refractivity contribution in [3.8, 4) is 11.5 Å². The zero-order valence-corrected chi connectivity index (χ0v) is 19.7. The third-order valence-electron chi connectivity index (χ3n) is 6.13. The number of hydrogen-bond donors (Lipinski definition) is 1. The second-order valence-electron chi connectivity index (χ2n) is 8.71. The molecule has 1 unspecified atom stereocenters. The average Bonchev–Trinajstić information content (AvgIpc) is 3.38. The van der Waals surface area contributed by atoms with Crippen LogP contribution in [-0.4, -0.2) is 35.5 Å². The quantitative estimate of drug-likeness (QED) is 0.549. The van der Waals surface area contributed by atoms with Crippen LogP contribution in [0, 0.1) is 6.92 Å². The lowest BCUT2D eigenvalue weighted by Gasteiger charge is -2.24. The summed E-state index contributed by atoms with van der Waals surface area (Å²) < 4.78 is 11.7. The van der Waals surface area contributed by atoms with Gasteiger partial charge in [0.25, 0.3) is 0 Å². The molecular formula is C26H29N3O3S. The van der Waals surface area contributed by atoms with Crippen molar-refractivity contribution < 1.29 is 14.3 Å². The average molecular weight is 464 g/mol. The number of carbonyl (C=O) groups is 1. The van der Waals surface area contributed by atoms with E-state index in [4.69, 9.17) is 14.5 Å². The first-order chi connectivity index (χ1) is 16.1. The first kappa shape index (κ1) is 21.9. The summed E-state index contributed by atoms with van der Waals surface area (Å²) in [5, 5.41) is 5.88. The normalized spacial score (nSPS) is 18.2. The van der Waals surface area contributed by atoms with Crippen molar-refractivity contribution in [2.75, 3.05) is 25.1 Å². The highest BCUT2D eigenvalue weighted by Gasteiger charge is 2.28. The first-order valence-corrected chi connectivity index (χ1v) is 12.5. The van der Waals surface area contributed by atoms with E-state index in [-0.39, 0.29) is 5.91 Å². The van der Waals surface area contributed by atoms with Crippen molar-refractivity contribution in [2.45, 2.75) is 45.2 Å². The predicted molar refractivity (Wildman–Crippen MR) is 130 cm³/mol. The Morgan fingerprint density at radius 3 is 2.79 bits per heavy atom. The molecule has 2 aliphatic heterocycles. The Morgan fingerprint density at radius 1 is 1.12 bits per heavy atom. The maximum Gasteiger partial charge on any atom is 0.231 e. The largest absolute Gasteiger partial charge is 0.490 e. The van der Waals surface area contributed by atoms with Gasteiger partial charge in [-0.3, -0.25) is 9.69 Å². The van der Waals surface area contributed by atoms with Gasteiger partial charge < -0.3 is 14.8 Å². The van der Waals surface area contributed by atoms with E-state index in [1.807, 2.05) is 37.3 Å². The summed E-state index contributed by atoms with van der Waals surface area (Å²) in [4.78, 5) is 19.7. The molecular weight excluding hydrogens is 434 g/mol. The van der Waals surface area contributed by atoms with Gasteiger partial charge in [0.2, 0.25) is 5.91 Å². The predicted octanol–water partition coefficient (Wildman–Crippen LogP) is 5.13. The van der Waals surface area contributed by atoms with Crippen LogP contribution in [0.4, 0.5) is 5.69 Å². The van der Waals surface area contributed by atoms with Crippen LogP contribution < -0.4 is 14.8 Å². The summed E-state index contributed by atoms with van der Waals surface area (Å²) in [5.74, 6) is 1.66. The summed E-state index contributed by atoms with van der Waals surface area (Å²) in [6, 6.07) is 14.5. The lowest BCUT2D eigenvalue weighted by Crippen LogP contribution is -2.23. The van der Waals surface area contributed by atoms with Gasteiger partial charge in [0.15, 0.2) is 11.5 Å². The number of aryl methyl sites for hydroxylation is 1. The zero-order valence-electron chi connectivity index (χ0n) is 18.9. The molecule has 3 aromatic rings. The van der Waals surface area contributed by atoms with Crippen molar-refractivity contribution >= 4 is 22.9 Å². The molecule has 0 saturated carbocycles. The minimum absolute atomic E-state index is 0.0361. The minimum Gasteiger partial charge on any atom is -0.490 e. The van der Waals surface area contributed by atoms with E-state index in [1.165, 1.54) is 11.1 Å². The minimum atomic E-state index is -0.0361. The van der Waals surface area contributed by atoms with Gasteiger partial charge in [-0.05, 0) is 56.1 Å². The number of ether oxygens (including phenoxy) is 2. The number of thiazole rings is 1. The summed E-state index contributed by atoms with van der Waals surface area (Å²) >= 11 is 1.56. The van der Waals surface area contributed by atoms with Crippen molar-refractivity contribution in [1.29, 1.82) is 0 Å². The van der Waals surface area contributed by atoms with Crippen molar-refractivity contribution in [3.05, 3.63) is 69.7 Å². The van der Waals surface area contributed by atoms with Gasteiger partial charge in [-0.15, -0.1) is 11.3 Å². The van der Waals surface area contributed by atoms with Crippen LogP contribution in [0.15, 0.2) is 47.8 Å². The summed E-state index contributed by atoms with van der Waals surface area (Å²) in [5.41, 5.74) is 4.28. The third-order valence-corrected chi connectivity index (χ3v) is 7.03. The highest BCUT2D eigenvalue weighted by molar-refractivity contribution is 7.09. The van der Waals surface area contributed by atoms with Crippen LogP contribution in [0.1, 0.15) is 47.1 Å². The number of aromatic nitrogens is 1. The molecule has 1 atom stereocenters. The van der Waals surface area contributed by atoms with E-state index in [0.29, 0.717) is 25.7 Å². The molecule has 1 aromatic heterocycles. The maximum atomic E-state index is 12.4. The molecule has 33 heavy (non-hydrogen) atoms.